The van der Waals surface area contributed by atoms with Gasteiger partial charge < -0.3 is 29.6 Å². The lowest BCUT2D eigenvalue weighted by atomic mass is 9.91. The normalized spacial score (nSPS) is 17.7. The number of methoxy groups -OCH3 is 2. The van der Waals surface area contributed by atoms with Crippen LogP contribution in [-0.2, 0) is 9.59 Å². The summed E-state index contributed by atoms with van der Waals surface area (Å²) in [5.74, 6) is 2.40. The predicted molar refractivity (Wildman–Crippen MR) is 119 cm³/mol. The summed E-state index contributed by atoms with van der Waals surface area (Å²) in [7, 11) is 3.19. The minimum Gasteiger partial charge on any atom is -0.497 e. The maximum Gasteiger partial charge on any atom is 0.258 e. The Morgan fingerprint density at radius 2 is 0.969 bits per heavy atom. The average molecular weight is 443 g/mol. The molecule has 8 nitrogen and oxygen atoms in total. The summed E-state index contributed by atoms with van der Waals surface area (Å²) in [6.45, 7) is -0.0720. The summed E-state index contributed by atoms with van der Waals surface area (Å²) >= 11 is 0. The van der Waals surface area contributed by atoms with E-state index in [1.165, 1.54) is 0 Å². The van der Waals surface area contributed by atoms with E-state index in [0.717, 1.165) is 37.2 Å². The van der Waals surface area contributed by atoms with Gasteiger partial charge in [0.2, 0.25) is 0 Å². The van der Waals surface area contributed by atoms with Crippen LogP contribution >= 0.6 is 0 Å². The fourth-order valence-electron chi connectivity index (χ4n) is 3.56. The Bertz CT molecular complexity index is 788. The number of ether oxygens (including phenoxy) is 4. The molecule has 3 rings (SSSR count). The zero-order chi connectivity index (χ0) is 22.8. The molecule has 2 aromatic carbocycles. The third kappa shape index (κ3) is 7.37. The zero-order valence-corrected chi connectivity index (χ0v) is 18.5. The molecule has 0 aliphatic heterocycles. The summed E-state index contributed by atoms with van der Waals surface area (Å²) in [6.07, 6.45) is 3.22. The molecule has 0 bridgehead atoms. The van der Waals surface area contributed by atoms with Crippen LogP contribution in [0.3, 0.4) is 0 Å². The topological polar surface area (TPSA) is 95.1 Å². The van der Waals surface area contributed by atoms with E-state index in [4.69, 9.17) is 18.9 Å². The minimum atomic E-state index is -0.152. The standard InChI is InChI=1S/C24H30N2O6/c1-29-19-7-11-21(12-8-19)31-15-23(27)25-17-3-5-18(6-4-17)26-24(28)16-32-22-13-9-20(30-2)10-14-22/h7-14,17-18H,3-6,15-16H2,1-2H3,(H,25,27)(H,26,28)/t17-,18-. The number of carbonyl (C=O) groups is 2. The van der Waals surface area contributed by atoms with E-state index in [-0.39, 0.29) is 37.1 Å². The molecule has 2 aromatic rings. The monoisotopic (exact) mass is 442 g/mol. The van der Waals surface area contributed by atoms with Crippen LogP contribution in [0.25, 0.3) is 0 Å². The molecule has 1 aliphatic carbocycles. The first-order chi connectivity index (χ1) is 15.6. The molecule has 0 saturated heterocycles. The Labute approximate surface area is 188 Å². The number of amides is 2. The van der Waals surface area contributed by atoms with E-state index in [1.54, 1.807) is 62.8 Å². The highest BCUT2D eigenvalue weighted by Gasteiger charge is 2.23. The van der Waals surface area contributed by atoms with E-state index in [2.05, 4.69) is 10.6 Å². The van der Waals surface area contributed by atoms with Crippen molar-refractivity contribution in [1.29, 1.82) is 0 Å². The quantitative estimate of drug-likeness (QED) is 0.588. The van der Waals surface area contributed by atoms with Crippen molar-refractivity contribution in [3.05, 3.63) is 48.5 Å². The number of carbonyl (C=O) groups excluding carboxylic acids is 2. The summed E-state index contributed by atoms with van der Waals surface area (Å²) in [6, 6.07) is 14.4. The van der Waals surface area contributed by atoms with Gasteiger partial charge in [-0.05, 0) is 74.2 Å². The Kier molecular flexibility index (Phi) is 8.60. The van der Waals surface area contributed by atoms with Crippen LogP contribution in [0.5, 0.6) is 23.0 Å². The second-order valence-electron chi connectivity index (χ2n) is 7.61. The van der Waals surface area contributed by atoms with Gasteiger partial charge in [-0.2, -0.15) is 0 Å². The molecule has 0 aromatic heterocycles. The molecule has 172 valence electrons. The van der Waals surface area contributed by atoms with Gasteiger partial charge >= 0.3 is 0 Å². The number of rotatable bonds is 10. The molecule has 0 unspecified atom stereocenters. The fourth-order valence-corrected chi connectivity index (χ4v) is 3.56. The fraction of sp³-hybridized carbons (Fsp3) is 0.417. The molecule has 0 spiro atoms. The van der Waals surface area contributed by atoms with Crippen LogP contribution in [0.15, 0.2) is 48.5 Å². The summed E-state index contributed by atoms with van der Waals surface area (Å²) in [5.41, 5.74) is 0. The van der Waals surface area contributed by atoms with E-state index >= 15 is 0 Å². The second kappa shape index (κ2) is 11.8. The van der Waals surface area contributed by atoms with Crippen LogP contribution in [0.1, 0.15) is 25.7 Å². The maximum absolute atomic E-state index is 12.2. The Balaban J connectivity index is 1.30. The van der Waals surface area contributed by atoms with Crippen molar-refractivity contribution in [3.63, 3.8) is 0 Å². The first-order valence-electron chi connectivity index (χ1n) is 10.7. The molecule has 2 N–H and O–H groups in total. The summed E-state index contributed by atoms with van der Waals surface area (Å²) in [5, 5.41) is 6.01. The average Bonchev–Trinajstić information content (AvgIpc) is 2.83. The first kappa shape index (κ1) is 23.2. The summed E-state index contributed by atoms with van der Waals surface area (Å²) < 4.78 is 21.2. The third-order valence-corrected chi connectivity index (χ3v) is 5.32. The Morgan fingerprint density at radius 3 is 1.28 bits per heavy atom. The van der Waals surface area contributed by atoms with Crippen LogP contribution in [0, 0.1) is 0 Å². The van der Waals surface area contributed by atoms with Gasteiger partial charge in [0.05, 0.1) is 14.2 Å². The molecule has 1 aliphatic rings. The van der Waals surface area contributed by atoms with Crippen LogP contribution in [-0.4, -0.2) is 51.3 Å². The molecule has 0 radical (unpaired) electrons. The molecule has 2 amide bonds. The van der Waals surface area contributed by atoms with Gasteiger partial charge in [-0.3, -0.25) is 9.59 Å². The van der Waals surface area contributed by atoms with Crippen LogP contribution < -0.4 is 29.6 Å². The smallest absolute Gasteiger partial charge is 0.258 e. The lowest BCUT2D eigenvalue weighted by molar-refractivity contribution is -0.125. The first-order valence-corrected chi connectivity index (χ1v) is 10.7. The lowest BCUT2D eigenvalue weighted by Gasteiger charge is -2.29. The van der Waals surface area contributed by atoms with Crippen molar-refractivity contribution in [3.8, 4) is 23.0 Å². The number of nitrogens with one attached hydrogen (secondary N) is 2. The molecular formula is C24H30N2O6. The van der Waals surface area contributed by atoms with Crippen molar-refractivity contribution >= 4 is 11.8 Å². The van der Waals surface area contributed by atoms with Gasteiger partial charge in [0.15, 0.2) is 13.2 Å². The molecule has 0 atom stereocenters. The molecular weight excluding hydrogens is 412 g/mol. The van der Waals surface area contributed by atoms with E-state index in [1.807, 2.05) is 0 Å². The van der Waals surface area contributed by atoms with Crippen molar-refractivity contribution in [2.45, 2.75) is 37.8 Å². The molecule has 32 heavy (non-hydrogen) atoms. The van der Waals surface area contributed by atoms with Gasteiger partial charge in [-0.1, -0.05) is 0 Å². The Morgan fingerprint density at radius 1 is 0.656 bits per heavy atom. The van der Waals surface area contributed by atoms with Gasteiger partial charge in [0.25, 0.3) is 11.8 Å². The van der Waals surface area contributed by atoms with Gasteiger partial charge in [0, 0.05) is 12.1 Å². The number of hydrogen-bond donors (Lipinski definition) is 2. The predicted octanol–water partition coefficient (Wildman–Crippen LogP) is 2.71. The number of hydrogen-bond acceptors (Lipinski definition) is 6. The van der Waals surface area contributed by atoms with Gasteiger partial charge in [0.1, 0.15) is 23.0 Å². The highest BCUT2D eigenvalue weighted by molar-refractivity contribution is 5.78. The number of benzene rings is 2. The van der Waals surface area contributed by atoms with Crippen molar-refractivity contribution in [2.75, 3.05) is 27.4 Å². The zero-order valence-electron chi connectivity index (χ0n) is 18.5. The minimum absolute atomic E-state index is 0.0360. The van der Waals surface area contributed by atoms with Gasteiger partial charge in [-0.15, -0.1) is 0 Å². The highest BCUT2D eigenvalue weighted by atomic mass is 16.5. The van der Waals surface area contributed by atoms with Crippen molar-refractivity contribution in [2.24, 2.45) is 0 Å². The van der Waals surface area contributed by atoms with E-state index in [9.17, 15) is 9.59 Å². The molecule has 1 fully saturated rings. The SMILES string of the molecule is COc1ccc(OCC(=O)N[C@H]2CC[C@H](NC(=O)COc3ccc(OC)cc3)CC2)cc1. The molecule has 0 heterocycles. The maximum atomic E-state index is 12.2. The van der Waals surface area contributed by atoms with Crippen LogP contribution in [0.4, 0.5) is 0 Å². The summed E-state index contributed by atoms with van der Waals surface area (Å²) in [4.78, 5) is 24.3. The second-order valence-corrected chi connectivity index (χ2v) is 7.61. The van der Waals surface area contributed by atoms with Gasteiger partial charge in [-0.25, -0.2) is 0 Å². The lowest BCUT2D eigenvalue weighted by Crippen LogP contribution is -2.45. The third-order valence-electron chi connectivity index (χ3n) is 5.32. The highest BCUT2D eigenvalue weighted by Crippen LogP contribution is 2.20. The molecule has 1 saturated carbocycles. The van der Waals surface area contributed by atoms with Crippen LogP contribution in [0.2, 0.25) is 0 Å². The van der Waals surface area contributed by atoms with Crippen molar-refractivity contribution in [1.82, 2.24) is 10.6 Å². The largest absolute Gasteiger partial charge is 0.497 e. The van der Waals surface area contributed by atoms with Crippen molar-refractivity contribution < 1.29 is 28.5 Å². The molecule has 8 heteroatoms. The van der Waals surface area contributed by atoms with E-state index < -0.39 is 0 Å². The Hall–Kier alpha value is -3.42. The van der Waals surface area contributed by atoms with E-state index in [0.29, 0.717) is 11.5 Å².